The molecule has 0 radical (unpaired) electrons. The molecule has 0 atom stereocenters. The van der Waals surface area contributed by atoms with Crippen molar-refractivity contribution in [1.29, 1.82) is 0 Å². The van der Waals surface area contributed by atoms with Gasteiger partial charge in [0.15, 0.2) is 0 Å². The molecule has 0 aliphatic rings. The molecular formula is C14H9Br2IN2O2. The lowest BCUT2D eigenvalue weighted by Gasteiger charge is -2.02. The van der Waals surface area contributed by atoms with E-state index in [1.807, 2.05) is 12.1 Å². The predicted octanol–water partition coefficient (Wildman–Crippen LogP) is 4.29. The Morgan fingerprint density at radius 1 is 1.19 bits per heavy atom. The number of carbonyl (C=O) groups excluding carboxylic acids is 1. The maximum Gasteiger partial charge on any atom is 0.271 e. The van der Waals surface area contributed by atoms with Crippen molar-refractivity contribution >= 4 is 66.6 Å². The van der Waals surface area contributed by atoms with Crippen molar-refractivity contribution in [2.24, 2.45) is 5.10 Å². The van der Waals surface area contributed by atoms with Crippen LogP contribution in [0.4, 0.5) is 0 Å². The standard InChI is InChI=1S/C14H9Br2IN2O2/c15-11-5-8(6-12(16)13(11)20)7-18-19-14(21)9-1-3-10(17)4-2-9/h1-7,20H,(H,19,21)/b18-7-. The molecule has 7 heteroatoms. The number of rotatable bonds is 3. The van der Waals surface area contributed by atoms with E-state index in [0.29, 0.717) is 14.5 Å². The topological polar surface area (TPSA) is 61.7 Å². The quantitative estimate of drug-likeness (QED) is 0.358. The van der Waals surface area contributed by atoms with E-state index in [0.717, 1.165) is 9.13 Å². The molecule has 2 aromatic rings. The van der Waals surface area contributed by atoms with Crippen LogP contribution in [-0.2, 0) is 0 Å². The predicted molar refractivity (Wildman–Crippen MR) is 97.7 cm³/mol. The lowest BCUT2D eigenvalue weighted by molar-refractivity contribution is 0.0955. The molecule has 0 aliphatic heterocycles. The first kappa shape index (κ1) is 16.4. The van der Waals surface area contributed by atoms with Gasteiger partial charge in [0.1, 0.15) is 5.75 Å². The van der Waals surface area contributed by atoms with Crippen LogP contribution >= 0.6 is 54.5 Å². The van der Waals surface area contributed by atoms with Crippen molar-refractivity contribution in [2.45, 2.75) is 0 Å². The van der Waals surface area contributed by atoms with Crippen molar-refractivity contribution in [1.82, 2.24) is 5.43 Å². The Morgan fingerprint density at radius 2 is 1.76 bits per heavy atom. The minimum Gasteiger partial charge on any atom is -0.506 e. The van der Waals surface area contributed by atoms with E-state index in [9.17, 15) is 9.90 Å². The fraction of sp³-hybridized carbons (Fsp3) is 0. The smallest absolute Gasteiger partial charge is 0.271 e. The number of hydrazone groups is 1. The highest BCUT2D eigenvalue weighted by Gasteiger charge is 2.05. The summed E-state index contributed by atoms with van der Waals surface area (Å²) in [4.78, 5) is 11.8. The van der Waals surface area contributed by atoms with Gasteiger partial charge in [-0.15, -0.1) is 0 Å². The number of phenolic OH excluding ortho intramolecular Hbond substituents is 1. The van der Waals surface area contributed by atoms with E-state index in [2.05, 4.69) is 65.0 Å². The van der Waals surface area contributed by atoms with Gasteiger partial charge in [-0.1, -0.05) is 0 Å². The van der Waals surface area contributed by atoms with E-state index in [1.54, 1.807) is 24.3 Å². The highest BCUT2D eigenvalue weighted by Crippen LogP contribution is 2.32. The Morgan fingerprint density at radius 3 is 2.33 bits per heavy atom. The van der Waals surface area contributed by atoms with Gasteiger partial charge in [-0.3, -0.25) is 4.79 Å². The molecule has 1 amide bonds. The number of benzene rings is 2. The highest BCUT2D eigenvalue weighted by molar-refractivity contribution is 14.1. The van der Waals surface area contributed by atoms with Crippen LogP contribution in [0, 0.1) is 3.57 Å². The minimum atomic E-state index is -0.278. The number of phenols is 1. The summed E-state index contributed by atoms with van der Waals surface area (Å²) in [6.07, 6.45) is 1.50. The van der Waals surface area contributed by atoms with Crippen molar-refractivity contribution in [3.63, 3.8) is 0 Å². The Bertz CT molecular complexity index is 680. The molecule has 0 aromatic heterocycles. The first-order valence-corrected chi connectivity index (χ1v) is 8.41. The second-order valence-corrected chi connectivity index (χ2v) is 6.99. The van der Waals surface area contributed by atoms with Gasteiger partial charge in [0, 0.05) is 9.13 Å². The number of amides is 1. The van der Waals surface area contributed by atoms with Crippen LogP contribution in [0.2, 0.25) is 0 Å². The molecule has 0 aliphatic carbocycles. The van der Waals surface area contributed by atoms with Crippen LogP contribution in [0.3, 0.4) is 0 Å². The maximum atomic E-state index is 11.8. The van der Waals surface area contributed by atoms with Crippen LogP contribution in [0.15, 0.2) is 50.4 Å². The van der Waals surface area contributed by atoms with Crippen LogP contribution in [-0.4, -0.2) is 17.2 Å². The average Bonchev–Trinajstić information content (AvgIpc) is 2.45. The van der Waals surface area contributed by atoms with Crippen LogP contribution in [0.1, 0.15) is 15.9 Å². The molecule has 0 saturated carbocycles. The Kier molecular flexibility index (Phi) is 5.77. The molecule has 4 nitrogen and oxygen atoms in total. The zero-order chi connectivity index (χ0) is 15.4. The minimum absolute atomic E-state index is 0.120. The number of hydrogen-bond donors (Lipinski definition) is 2. The summed E-state index contributed by atoms with van der Waals surface area (Å²) in [7, 11) is 0. The van der Waals surface area contributed by atoms with Gasteiger partial charge >= 0.3 is 0 Å². The molecule has 2 N–H and O–H groups in total. The zero-order valence-corrected chi connectivity index (χ0v) is 15.8. The molecule has 0 fully saturated rings. The third kappa shape index (κ3) is 4.52. The second-order valence-electron chi connectivity index (χ2n) is 4.04. The maximum absolute atomic E-state index is 11.8. The van der Waals surface area contributed by atoms with E-state index >= 15 is 0 Å². The van der Waals surface area contributed by atoms with Gasteiger partial charge in [0.05, 0.1) is 15.2 Å². The normalized spacial score (nSPS) is 10.8. The molecule has 108 valence electrons. The fourth-order valence-corrected chi connectivity index (χ4v) is 3.07. The number of nitrogens with one attached hydrogen (secondary N) is 1. The SMILES string of the molecule is O=C(N/N=C\c1cc(Br)c(O)c(Br)c1)c1ccc(I)cc1. The van der Waals surface area contributed by atoms with E-state index in [-0.39, 0.29) is 11.7 Å². The summed E-state index contributed by atoms with van der Waals surface area (Å²) in [5.41, 5.74) is 3.73. The fourth-order valence-electron chi connectivity index (χ4n) is 1.49. The average molecular weight is 524 g/mol. The molecule has 0 bridgehead atoms. The number of halogens is 3. The molecule has 2 aromatic carbocycles. The summed E-state index contributed by atoms with van der Waals surface area (Å²) in [6, 6.07) is 10.6. The molecule has 0 unspecified atom stereocenters. The van der Waals surface area contributed by atoms with Crippen LogP contribution < -0.4 is 5.43 Å². The van der Waals surface area contributed by atoms with E-state index in [1.165, 1.54) is 6.21 Å². The Hall–Kier alpha value is -0.930. The van der Waals surface area contributed by atoms with Crippen molar-refractivity contribution < 1.29 is 9.90 Å². The van der Waals surface area contributed by atoms with Gasteiger partial charge < -0.3 is 5.11 Å². The molecule has 0 spiro atoms. The monoisotopic (exact) mass is 522 g/mol. The number of nitrogens with zero attached hydrogens (tertiary/aromatic N) is 1. The summed E-state index contributed by atoms with van der Waals surface area (Å²) in [5, 5.41) is 13.5. The van der Waals surface area contributed by atoms with E-state index in [4.69, 9.17) is 0 Å². The van der Waals surface area contributed by atoms with Gasteiger partial charge in [-0.2, -0.15) is 5.10 Å². The summed E-state index contributed by atoms with van der Waals surface area (Å²) >= 11 is 8.64. The summed E-state index contributed by atoms with van der Waals surface area (Å²) < 4.78 is 2.15. The number of carbonyl (C=O) groups is 1. The first-order chi connectivity index (χ1) is 9.97. The number of hydrogen-bond acceptors (Lipinski definition) is 3. The highest BCUT2D eigenvalue weighted by atomic mass is 127. The van der Waals surface area contributed by atoms with Crippen LogP contribution in [0.5, 0.6) is 5.75 Å². The van der Waals surface area contributed by atoms with Gasteiger partial charge in [0.2, 0.25) is 0 Å². The zero-order valence-electron chi connectivity index (χ0n) is 10.5. The summed E-state index contributed by atoms with van der Waals surface area (Å²) in [6.45, 7) is 0. The summed E-state index contributed by atoms with van der Waals surface area (Å²) in [5.74, 6) is -0.158. The first-order valence-electron chi connectivity index (χ1n) is 5.74. The third-order valence-electron chi connectivity index (χ3n) is 2.53. The lowest BCUT2D eigenvalue weighted by Crippen LogP contribution is -2.17. The van der Waals surface area contributed by atoms with Gasteiger partial charge in [-0.05, 0) is 96.4 Å². The molecule has 0 saturated heterocycles. The van der Waals surface area contributed by atoms with Gasteiger partial charge in [-0.25, -0.2) is 5.43 Å². The molecule has 0 heterocycles. The van der Waals surface area contributed by atoms with Crippen molar-refractivity contribution in [3.8, 4) is 5.75 Å². The largest absolute Gasteiger partial charge is 0.506 e. The Labute approximate surface area is 152 Å². The number of aromatic hydroxyl groups is 1. The Balaban J connectivity index is 2.05. The molecular weight excluding hydrogens is 515 g/mol. The molecule has 21 heavy (non-hydrogen) atoms. The third-order valence-corrected chi connectivity index (χ3v) is 4.45. The molecule has 2 rings (SSSR count). The second kappa shape index (κ2) is 7.37. The van der Waals surface area contributed by atoms with Gasteiger partial charge in [0.25, 0.3) is 5.91 Å². The van der Waals surface area contributed by atoms with E-state index < -0.39 is 0 Å². The van der Waals surface area contributed by atoms with Crippen LogP contribution in [0.25, 0.3) is 0 Å². The lowest BCUT2D eigenvalue weighted by atomic mass is 10.2. The van der Waals surface area contributed by atoms with Crippen molar-refractivity contribution in [3.05, 3.63) is 60.0 Å². The van der Waals surface area contributed by atoms with Crippen molar-refractivity contribution in [2.75, 3.05) is 0 Å².